The van der Waals surface area contributed by atoms with Crippen LogP contribution in [-0.2, 0) is 12.8 Å². The van der Waals surface area contributed by atoms with Gasteiger partial charge in [0.15, 0.2) is 0 Å². The lowest BCUT2D eigenvalue weighted by atomic mass is 9.96. The van der Waals surface area contributed by atoms with Crippen LogP contribution >= 0.6 is 0 Å². The van der Waals surface area contributed by atoms with Gasteiger partial charge < -0.3 is 10.2 Å². The van der Waals surface area contributed by atoms with Gasteiger partial charge in [-0.15, -0.1) is 0 Å². The van der Waals surface area contributed by atoms with Gasteiger partial charge >= 0.3 is 0 Å². The molecule has 1 saturated heterocycles. The zero-order chi connectivity index (χ0) is 13.8. The number of rotatable bonds is 3. The van der Waals surface area contributed by atoms with Crippen LogP contribution in [-0.4, -0.2) is 29.6 Å². The summed E-state index contributed by atoms with van der Waals surface area (Å²) in [5.74, 6) is 2.06. The predicted octanol–water partition coefficient (Wildman–Crippen LogP) is 3.17. The number of nitrogens with one attached hydrogen (secondary N) is 1. The fraction of sp³-hybridized carbons (Fsp3) is 0.750. The Balaban J connectivity index is 1.91. The number of hydrogen-bond donors (Lipinski definition) is 1. The van der Waals surface area contributed by atoms with E-state index in [4.69, 9.17) is 9.97 Å². The standard InChI is InChI=1S/C16H26N4/c1-2-17-15-13-9-5-6-10-14(13)18-16(19-15)20-11-7-3-4-8-12-20/h2-12H2,1H3,(H,17,18,19). The second-order valence-electron chi connectivity index (χ2n) is 5.94. The average molecular weight is 274 g/mol. The summed E-state index contributed by atoms with van der Waals surface area (Å²) in [6.45, 7) is 5.31. The van der Waals surface area contributed by atoms with Crippen LogP contribution in [0.25, 0.3) is 0 Å². The molecule has 1 N–H and O–H groups in total. The molecule has 0 spiro atoms. The van der Waals surface area contributed by atoms with Gasteiger partial charge in [-0.05, 0) is 45.4 Å². The molecule has 0 bridgehead atoms. The number of aromatic nitrogens is 2. The Labute approximate surface area is 122 Å². The van der Waals surface area contributed by atoms with Crippen LogP contribution in [0, 0.1) is 0 Å². The Hall–Kier alpha value is -1.32. The Bertz CT molecular complexity index is 450. The summed E-state index contributed by atoms with van der Waals surface area (Å²) in [6.07, 6.45) is 10.1. The molecule has 0 radical (unpaired) electrons. The normalized spacial score (nSPS) is 19.4. The summed E-state index contributed by atoms with van der Waals surface area (Å²) in [6, 6.07) is 0. The van der Waals surface area contributed by atoms with E-state index in [0.717, 1.165) is 44.2 Å². The topological polar surface area (TPSA) is 41.1 Å². The molecule has 1 aromatic heterocycles. The quantitative estimate of drug-likeness (QED) is 0.919. The van der Waals surface area contributed by atoms with Crippen LogP contribution in [0.1, 0.15) is 56.7 Å². The third-order valence-corrected chi connectivity index (χ3v) is 4.40. The van der Waals surface area contributed by atoms with Crippen molar-refractivity contribution in [1.82, 2.24) is 9.97 Å². The maximum Gasteiger partial charge on any atom is 0.227 e. The van der Waals surface area contributed by atoms with Crippen molar-refractivity contribution in [3.05, 3.63) is 11.3 Å². The van der Waals surface area contributed by atoms with Crippen molar-refractivity contribution in [1.29, 1.82) is 0 Å². The van der Waals surface area contributed by atoms with Crippen LogP contribution in [0.5, 0.6) is 0 Å². The van der Waals surface area contributed by atoms with Gasteiger partial charge in [-0.2, -0.15) is 4.98 Å². The lowest BCUT2D eigenvalue weighted by molar-refractivity contribution is 0.656. The van der Waals surface area contributed by atoms with Crippen LogP contribution in [0.4, 0.5) is 11.8 Å². The highest BCUT2D eigenvalue weighted by molar-refractivity contribution is 5.52. The van der Waals surface area contributed by atoms with E-state index in [1.165, 1.54) is 49.8 Å². The molecule has 20 heavy (non-hydrogen) atoms. The molecule has 1 aliphatic carbocycles. The lowest BCUT2D eigenvalue weighted by Crippen LogP contribution is -2.27. The fourth-order valence-corrected chi connectivity index (χ4v) is 3.31. The Morgan fingerprint density at radius 1 is 0.950 bits per heavy atom. The van der Waals surface area contributed by atoms with E-state index < -0.39 is 0 Å². The third kappa shape index (κ3) is 2.89. The molecular weight excluding hydrogens is 248 g/mol. The van der Waals surface area contributed by atoms with Crippen LogP contribution in [0.2, 0.25) is 0 Å². The monoisotopic (exact) mass is 274 g/mol. The molecule has 0 aromatic carbocycles. The molecule has 0 amide bonds. The highest BCUT2D eigenvalue weighted by atomic mass is 15.3. The minimum atomic E-state index is 0.933. The largest absolute Gasteiger partial charge is 0.370 e. The molecule has 3 rings (SSSR count). The summed E-state index contributed by atoms with van der Waals surface area (Å²) < 4.78 is 0. The predicted molar refractivity (Wildman–Crippen MR) is 83.5 cm³/mol. The maximum atomic E-state index is 4.90. The Kier molecular flexibility index (Phi) is 4.38. The molecule has 0 unspecified atom stereocenters. The van der Waals surface area contributed by atoms with Crippen molar-refractivity contribution >= 4 is 11.8 Å². The first-order valence-electron chi connectivity index (χ1n) is 8.27. The van der Waals surface area contributed by atoms with E-state index in [9.17, 15) is 0 Å². The maximum absolute atomic E-state index is 4.90. The number of hydrogen-bond acceptors (Lipinski definition) is 4. The number of anilines is 2. The first-order valence-corrected chi connectivity index (χ1v) is 8.27. The van der Waals surface area contributed by atoms with E-state index in [1.807, 2.05) is 0 Å². The first kappa shape index (κ1) is 13.7. The van der Waals surface area contributed by atoms with E-state index in [0.29, 0.717) is 0 Å². The lowest BCUT2D eigenvalue weighted by Gasteiger charge is -2.25. The number of aryl methyl sites for hydroxylation is 1. The van der Waals surface area contributed by atoms with Crippen LogP contribution < -0.4 is 10.2 Å². The molecule has 4 heteroatoms. The second kappa shape index (κ2) is 6.42. The van der Waals surface area contributed by atoms with Crippen molar-refractivity contribution < 1.29 is 0 Å². The van der Waals surface area contributed by atoms with Gasteiger partial charge in [0.25, 0.3) is 0 Å². The smallest absolute Gasteiger partial charge is 0.227 e. The number of nitrogens with zero attached hydrogens (tertiary/aromatic N) is 3. The van der Waals surface area contributed by atoms with Gasteiger partial charge in [0.2, 0.25) is 5.95 Å². The molecule has 1 aliphatic heterocycles. The molecule has 0 saturated carbocycles. The van der Waals surface area contributed by atoms with Gasteiger partial charge in [-0.25, -0.2) is 4.98 Å². The Morgan fingerprint density at radius 2 is 1.70 bits per heavy atom. The summed E-state index contributed by atoms with van der Waals surface area (Å²) in [5.41, 5.74) is 2.66. The van der Waals surface area contributed by atoms with Gasteiger partial charge in [0.05, 0.1) is 5.69 Å². The van der Waals surface area contributed by atoms with Crippen molar-refractivity contribution in [2.45, 2.75) is 58.3 Å². The zero-order valence-corrected chi connectivity index (χ0v) is 12.6. The second-order valence-corrected chi connectivity index (χ2v) is 5.94. The van der Waals surface area contributed by atoms with Crippen molar-refractivity contribution in [3.8, 4) is 0 Å². The van der Waals surface area contributed by atoms with Crippen LogP contribution in [0.3, 0.4) is 0 Å². The van der Waals surface area contributed by atoms with Gasteiger partial charge in [-0.3, -0.25) is 0 Å². The number of fused-ring (bicyclic) bond motifs is 1. The van der Waals surface area contributed by atoms with Gasteiger partial charge in [0, 0.05) is 25.2 Å². The van der Waals surface area contributed by atoms with Crippen LogP contribution in [0.15, 0.2) is 0 Å². The molecule has 110 valence electrons. The molecule has 2 heterocycles. The average Bonchev–Trinajstić information content (AvgIpc) is 2.76. The van der Waals surface area contributed by atoms with E-state index in [2.05, 4.69) is 17.1 Å². The summed E-state index contributed by atoms with van der Waals surface area (Å²) in [5, 5.41) is 3.45. The minimum absolute atomic E-state index is 0.933. The minimum Gasteiger partial charge on any atom is -0.370 e. The van der Waals surface area contributed by atoms with E-state index >= 15 is 0 Å². The fourth-order valence-electron chi connectivity index (χ4n) is 3.31. The van der Waals surface area contributed by atoms with Crippen molar-refractivity contribution in [2.75, 3.05) is 29.9 Å². The molecule has 4 nitrogen and oxygen atoms in total. The van der Waals surface area contributed by atoms with Gasteiger partial charge in [-0.1, -0.05) is 12.8 Å². The Morgan fingerprint density at radius 3 is 2.45 bits per heavy atom. The zero-order valence-electron chi connectivity index (χ0n) is 12.6. The van der Waals surface area contributed by atoms with E-state index in [1.54, 1.807) is 0 Å². The summed E-state index contributed by atoms with van der Waals surface area (Å²) in [7, 11) is 0. The highest BCUT2D eigenvalue weighted by Crippen LogP contribution is 2.28. The third-order valence-electron chi connectivity index (χ3n) is 4.40. The summed E-state index contributed by atoms with van der Waals surface area (Å²) in [4.78, 5) is 12.1. The molecule has 2 aliphatic rings. The van der Waals surface area contributed by atoms with Crippen molar-refractivity contribution in [2.24, 2.45) is 0 Å². The molecule has 1 fully saturated rings. The SMILES string of the molecule is CCNc1nc(N2CCCCCC2)nc2c1CCCC2. The first-order chi connectivity index (χ1) is 9.88. The summed E-state index contributed by atoms with van der Waals surface area (Å²) >= 11 is 0. The molecular formula is C16H26N4. The van der Waals surface area contributed by atoms with Gasteiger partial charge in [0.1, 0.15) is 5.82 Å². The molecule has 1 aromatic rings. The van der Waals surface area contributed by atoms with Crippen molar-refractivity contribution in [3.63, 3.8) is 0 Å². The highest BCUT2D eigenvalue weighted by Gasteiger charge is 2.20. The molecule has 0 atom stereocenters. The van der Waals surface area contributed by atoms with E-state index in [-0.39, 0.29) is 0 Å².